The van der Waals surface area contributed by atoms with Gasteiger partial charge >= 0.3 is 0 Å². The van der Waals surface area contributed by atoms with Crippen molar-refractivity contribution in [3.05, 3.63) is 70.2 Å². The minimum Gasteiger partial charge on any atom is -0.318 e. The van der Waals surface area contributed by atoms with E-state index in [1.165, 1.54) is 17.5 Å². The van der Waals surface area contributed by atoms with E-state index in [4.69, 9.17) is 17.3 Å². The normalized spacial score (nSPS) is 22.6. The van der Waals surface area contributed by atoms with Crippen LogP contribution in [0, 0.1) is 0 Å². The molecule has 2 heteroatoms. The Bertz CT molecular complexity index is 593. The summed E-state index contributed by atoms with van der Waals surface area (Å²) < 4.78 is 0. The predicted octanol–water partition coefficient (Wildman–Crippen LogP) is 4.27. The molecule has 98 valence electrons. The van der Waals surface area contributed by atoms with E-state index in [0.717, 1.165) is 29.8 Å². The van der Waals surface area contributed by atoms with Crippen molar-refractivity contribution >= 4 is 11.6 Å². The monoisotopic (exact) mass is 271 g/mol. The molecular formula is C17H18ClN. The Morgan fingerprint density at radius 1 is 1.00 bits per heavy atom. The fraction of sp³-hybridized carbons (Fsp3) is 0.294. The van der Waals surface area contributed by atoms with Crippen molar-refractivity contribution in [2.45, 2.75) is 31.2 Å². The number of fused-ring (bicyclic) bond motifs is 1. The third-order valence-electron chi connectivity index (χ3n) is 4.10. The van der Waals surface area contributed by atoms with Crippen molar-refractivity contribution in [2.24, 2.45) is 5.73 Å². The topological polar surface area (TPSA) is 26.0 Å². The maximum absolute atomic E-state index is 6.80. The number of rotatable bonds is 1. The molecule has 2 aromatic rings. The number of halogens is 1. The number of aryl methyl sites for hydroxylation is 1. The molecule has 0 saturated heterocycles. The van der Waals surface area contributed by atoms with Gasteiger partial charge in [-0.3, -0.25) is 0 Å². The predicted molar refractivity (Wildman–Crippen MR) is 80.4 cm³/mol. The van der Waals surface area contributed by atoms with E-state index in [1.807, 2.05) is 18.2 Å². The van der Waals surface area contributed by atoms with Crippen molar-refractivity contribution in [1.82, 2.24) is 0 Å². The van der Waals surface area contributed by atoms with Crippen molar-refractivity contribution in [2.75, 3.05) is 0 Å². The molecule has 0 saturated carbocycles. The highest BCUT2D eigenvalue weighted by atomic mass is 35.5. The molecule has 0 aliphatic heterocycles. The van der Waals surface area contributed by atoms with Crippen LogP contribution in [0.15, 0.2) is 48.5 Å². The summed E-state index contributed by atoms with van der Waals surface area (Å²) in [6.45, 7) is 0. The zero-order valence-corrected chi connectivity index (χ0v) is 11.7. The van der Waals surface area contributed by atoms with Gasteiger partial charge in [0.2, 0.25) is 0 Å². The molecule has 3 rings (SSSR count). The van der Waals surface area contributed by atoms with E-state index in [1.54, 1.807) is 0 Å². The lowest BCUT2D eigenvalue weighted by Crippen LogP contribution is -2.38. The average molecular weight is 272 g/mol. The Hall–Kier alpha value is -1.31. The quantitative estimate of drug-likeness (QED) is 0.770. The van der Waals surface area contributed by atoms with Gasteiger partial charge in [0, 0.05) is 5.02 Å². The first-order valence-corrected chi connectivity index (χ1v) is 7.21. The van der Waals surface area contributed by atoms with E-state index >= 15 is 0 Å². The highest BCUT2D eigenvalue weighted by Crippen LogP contribution is 2.38. The van der Waals surface area contributed by atoms with Gasteiger partial charge in [-0.25, -0.2) is 0 Å². The number of hydrogen-bond donors (Lipinski definition) is 1. The van der Waals surface area contributed by atoms with Gasteiger partial charge in [0.25, 0.3) is 0 Å². The molecule has 2 N–H and O–H groups in total. The smallest absolute Gasteiger partial charge is 0.0668 e. The molecule has 0 aromatic heterocycles. The zero-order valence-electron chi connectivity index (χ0n) is 10.9. The fourth-order valence-electron chi connectivity index (χ4n) is 3.09. The summed E-state index contributed by atoms with van der Waals surface area (Å²) in [6, 6.07) is 16.5. The second-order valence-corrected chi connectivity index (χ2v) is 5.78. The second-order valence-electron chi connectivity index (χ2n) is 5.35. The van der Waals surface area contributed by atoms with Crippen LogP contribution in [0.25, 0.3) is 0 Å². The summed E-state index contributed by atoms with van der Waals surface area (Å²) in [5.74, 6) is 0. The number of hydrogen-bond acceptors (Lipinski definition) is 1. The molecule has 2 aromatic carbocycles. The van der Waals surface area contributed by atoms with Gasteiger partial charge in [0.1, 0.15) is 0 Å². The van der Waals surface area contributed by atoms with Gasteiger partial charge < -0.3 is 5.73 Å². The first kappa shape index (κ1) is 12.7. The summed E-state index contributed by atoms with van der Waals surface area (Å²) in [5.41, 5.74) is 10.2. The van der Waals surface area contributed by atoms with E-state index in [-0.39, 0.29) is 0 Å². The minimum absolute atomic E-state index is 0.405. The summed E-state index contributed by atoms with van der Waals surface area (Å²) in [7, 11) is 0. The molecule has 19 heavy (non-hydrogen) atoms. The van der Waals surface area contributed by atoms with Crippen LogP contribution < -0.4 is 5.73 Å². The summed E-state index contributed by atoms with van der Waals surface area (Å²) >= 11 is 6.14. The van der Waals surface area contributed by atoms with Gasteiger partial charge in [0.15, 0.2) is 0 Å². The molecule has 1 atom stereocenters. The molecule has 1 nitrogen and oxygen atoms in total. The van der Waals surface area contributed by atoms with Crippen molar-refractivity contribution in [1.29, 1.82) is 0 Å². The first-order chi connectivity index (χ1) is 9.20. The Morgan fingerprint density at radius 3 is 2.68 bits per heavy atom. The maximum Gasteiger partial charge on any atom is 0.0668 e. The molecule has 1 aliphatic carbocycles. The second kappa shape index (κ2) is 4.99. The average Bonchev–Trinajstić information content (AvgIpc) is 2.60. The highest BCUT2D eigenvalue weighted by Gasteiger charge is 2.32. The van der Waals surface area contributed by atoms with Crippen molar-refractivity contribution in [3.63, 3.8) is 0 Å². The van der Waals surface area contributed by atoms with Crippen LogP contribution in [0.3, 0.4) is 0 Å². The van der Waals surface area contributed by atoms with E-state index < -0.39 is 5.54 Å². The molecule has 1 unspecified atom stereocenters. The third kappa shape index (κ3) is 2.29. The van der Waals surface area contributed by atoms with Crippen LogP contribution >= 0.6 is 11.6 Å². The molecule has 0 fully saturated rings. The summed E-state index contributed by atoms with van der Waals surface area (Å²) in [4.78, 5) is 0. The molecule has 1 aliphatic rings. The molecule has 0 spiro atoms. The zero-order chi connectivity index (χ0) is 13.3. The number of nitrogens with two attached hydrogens (primary N) is 1. The van der Waals surface area contributed by atoms with Crippen molar-refractivity contribution in [3.8, 4) is 0 Å². The lowest BCUT2D eigenvalue weighted by Gasteiger charge is -2.31. The Balaban J connectivity index is 2.17. The van der Waals surface area contributed by atoms with Gasteiger partial charge in [-0.15, -0.1) is 0 Å². The molecule has 0 radical (unpaired) electrons. The van der Waals surface area contributed by atoms with Gasteiger partial charge in [0.05, 0.1) is 5.54 Å². The summed E-state index contributed by atoms with van der Waals surface area (Å²) in [6.07, 6.45) is 4.45. The molecular weight excluding hydrogens is 254 g/mol. The van der Waals surface area contributed by atoms with E-state index in [2.05, 4.69) is 30.3 Å². The molecule has 0 heterocycles. The van der Waals surface area contributed by atoms with Crippen LogP contribution in [0.4, 0.5) is 0 Å². The minimum atomic E-state index is -0.405. The van der Waals surface area contributed by atoms with Crippen LogP contribution in [-0.2, 0) is 12.0 Å². The standard InChI is InChI=1S/C17H18ClN/c18-15-9-5-8-14(12-15)17(19)11-4-3-7-13-6-1-2-10-16(13)17/h1-2,5-6,8-10,12H,3-4,7,11,19H2. The fourth-order valence-corrected chi connectivity index (χ4v) is 3.28. The van der Waals surface area contributed by atoms with Crippen LogP contribution in [0.2, 0.25) is 5.02 Å². The largest absolute Gasteiger partial charge is 0.318 e. The first-order valence-electron chi connectivity index (χ1n) is 6.83. The van der Waals surface area contributed by atoms with Crippen molar-refractivity contribution < 1.29 is 0 Å². The molecule has 0 amide bonds. The Kier molecular flexibility index (Phi) is 3.34. The maximum atomic E-state index is 6.80. The Labute approximate surface area is 119 Å². The SMILES string of the molecule is NC1(c2cccc(Cl)c2)CCCCc2ccccc21. The summed E-state index contributed by atoms with van der Waals surface area (Å²) in [5, 5.41) is 0.754. The third-order valence-corrected chi connectivity index (χ3v) is 4.34. The van der Waals surface area contributed by atoms with Gasteiger partial charge in [-0.1, -0.05) is 54.4 Å². The Morgan fingerprint density at radius 2 is 1.84 bits per heavy atom. The van der Waals surface area contributed by atoms with Crippen LogP contribution in [-0.4, -0.2) is 0 Å². The van der Waals surface area contributed by atoms with E-state index in [0.29, 0.717) is 0 Å². The molecule has 0 bridgehead atoms. The van der Waals surface area contributed by atoms with Gasteiger partial charge in [-0.2, -0.15) is 0 Å². The van der Waals surface area contributed by atoms with Crippen LogP contribution in [0.5, 0.6) is 0 Å². The van der Waals surface area contributed by atoms with Crippen LogP contribution in [0.1, 0.15) is 36.0 Å². The van der Waals surface area contributed by atoms with Gasteiger partial charge in [-0.05, 0) is 48.1 Å². The lowest BCUT2D eigenvalue weighted by atomic mass is 9.79. The van der Waals surface area contributed by atoms with E-state index in [9.17, 15) is 0 Å². The highest BCUT2D eigenvalue weighted by molar-refractivity contribution is 6.30. The number of benzene rings is 2. The lowest BCUT2D eigenvalue weighted by molar-refractivity contribution is 0.480.